The van der Waals surface area contributed by atoms with Gasteiger partial charge in [-0.3, -0.25) is 4.79 Å². The van der Waals surface area contributed by atoms with E-state index in [4.69, 9.17) is 10.00 Å². The Hall–Kier alpha value is -2.06. The zero-order valence-corrected chi connectivity index (χ0v) is 9.69. The molecule has 0 aromatic heterocycles. The summed E-state index contributed by atoms with van der Waals surface area (Å²) in [5.41, 5.74) is 0.718. The van der Waals surface area contributed by atoms with Gasteiger partial charge in [-0.15, -0.1) is 0 Å². The Morgan fingerprint density at radius 1 is 1.41 bits per heavy atom. The highest BCUT2D eigenvalue weighted by Gasteiger charge is 2.01. The van der Waals surface area contributed by atoms with Crippen molar-refractivity contribution in [3.05, 3.63) is 24.3 Å². The average Bonchev–Trinajstić information content (AvgIpc) is 2.35. The molecule has 0 spiro atoms. The number of carbonyl (C=O) groups is 1. The number of nitriles is 1. The second-order valence-electron chi connectivity index (χ2n) is 3.37. The first-order chi connectivity index (χ1) is 8.26. The Balaban J connectivity index is 2.45. The molecule has 1 aromatic rings. The molecule has 0 heterocycles. The van der Waals surface area contributed by atoms with Crippen LogP contribution >= 0.6 is 0 Å². The number of nitrogens with zero attached hydrogens (tertiary/aromatic N) is 1. The zero-order chi connectivity index (χ0) is 12.5. The lowest BCUT2D eigenvalue weighted by atomic mass is 10.3. The lowest BCUT2D eigenvalue weighted by Gasteiger charge is -2.06. The molecule has 0 bridgehead atoms. The summed E-state index contributed by atoms with van der Waals surface area (Å²) in [5.74, 6) is 0.574. The van der Waals surface area contributed by atoms with Crippen molar-refractivity contribution >= 4 is 11.6 Å². The predicted octanol–water partition coefficient (Wildman–Crippen LogP) is 1.14. The summed E-state index contributed by atoms with van der Waals surface area (Å²) in [5, 5.41) is 14.0. The number of benzene rings is 1. The number of ether oxygens (including phenoxy) is 1. The van der Waals surface area contributed by atoms with Crippen LogP contribution in [0.25, 0.3) is 0 Å². The Morgan fingerprint density at radius 2 is 2.12 bits per heavy atom. The molecular formula is C12H15N3O2. The standard InChI is InChI=1S/C12H15N3O2/c1-14-8-6-12(16)15-10-2-4-11(5-3-10)17-9-7-13/h2-5,14H,6,8-9H2,1H3,(H,15,16). The van der Waals surface area contributed by atoms with Gasteiger partial charge in [-0.1, -0.05) is 0 Å². The quantitative estimate of drug-likeness (QED) is 0.772. The molecule has 0 saturated heterocycles. The molecular weight excluding hydrogens is 218 g/mol. The minimum atomic E-state index is -0.0370. The van der Waals surface area contributed by atoms with Crippen molar-refractivity contribution in [3.63, 3.8) is 0 Å². The van der Waals surface area contributed by atoms with Crippen molar-refractivity contribution < 1.29 is 9.53 Å². The molecule has 0 saturated carbocycles. The molecule has 2 N–H and O–H groups in total. The van der Waals surface area contributed by atoms with E-state index >= 15 is 0 Å². The van der Waals surface area contributed by atoms with Gasteiger partial charge in [-0.2, -0.15) is 5.26 Å². The topological polar surface area (TPSA) is 74.2 Å². The van der Waals surface area contributed by atoms with Gasteiger partial charge in [0.2, 0.25) is 5.91 Å². The molecule has 90 valence electrons. The molecule has 0 atom stereocenters. The van der Waals surface area contributed by atoms with Crippen molar-refractivity contribution in [1.29, 1.82) is 5.26 Å². The Labute approximate surface area is 100 Å². The summed E-state index contributed by atoms with van der Waals surface area (Å²) >= 11 is 0. The zero-order valence-electron chi connectivity index (χ0n) is 9.69. The van der Waals surface area contributed by atoms with Crippen molar-refractivity contribution in [2.75, 3.05) is 25.5 Å². The van der Waals surface area contributed by atoms with Crippen molar-refractivity contribution in [2.45, 2.75) is 6.42 Å². The van der Waals surface area contributed by atoms with E-state index in [0.29, 0.717) is 18.7 Å². The monoisotopic (exact) mass is 233 g/mol. The number of rotatable bonds is 6. The number of carbonyl (C=O) groups excluding carboxylic acids is 1. The Bertz CT molecular complexity index is 395. The van der Waals surface area contributed by atoms with Crippen LogP contribution in [0, 0.1) is 11.3 Å². The first-order valence-electron chi connectivity index (χ1n) is 5.30. The lowest BCUT2D eigenvalue weighted by molar-refractivity contribution is -0.116. The van der Waals surface area contributed by atoms with Gasteiger partial charge in [0.15, 0.2) is 6.61 Å². The van der Waals surface area contributed by atoms with Crippen LogP contribution in [0.15, 0.2) is 24.3 Å². The fourth-order valence-corrected chi connectivity index (χ4v) is 1.21. The molecule has 1 amide bonds. The average molecular weight is 233 g/mol. The molecule has 0 unspecified atom stereocenters. The van der Waals surface area contributed by atoms with Gasteiger partial charge in [0.1, 0.15) is 11.8 Å². The number of hydrogen-bond donors (Lipinski definition) is 2. The van der Waals surface area contributed by atoms with E-state index in [0.717, 1.165) is 5.69 Å². The van der Waals surface area contributed by atoms with Crippen LogP contribution in [-0.4, -0.2) is 26.1 Å². The van der Waals surface area contributed by atoms with E-state index in [1.807, 2.05) is 6.07 Å². The molecule has 1 aromatic carbocycles. The molecule has 5 nitrogen and oxygen atoms in total. The van der Waals surface area contributed by atoms with Gasteiger partial charge in [0.05, 0.1) is 0 Å². The molecule has 0 fully saturated rings. The predicted molar refractivity (Wildman–Crippen MR) is 64.7 cm³/mol. The van der Waals surface area contributed by atoms with Gasteiger partial charge in [-0.05, 0) is 31.3 Å². The molecule has 0 aliphatic rings. The molecule has 5 heteroatoms. The van der Waals surface area contributed by atoms with Crippen LogP contribution < -0.4 is 15.4 Å². The van der Waals surface area contributed by atoms with Gasteiger partial charge >= 0.3 is 0 Å². The maximum Gasteiger partial charge on any atom is 0.225 e. The summed E-state index contributed by atoms with van der Waals surface area (Å²) in [6.07, 6.45) is 0.434. The highest BCUT2D eigenvalue weighted by atomic mass is 16.5. The van der Waals surface area contributed by atoms with Crippen molar-refractivity contribution in [3.8, 4) is 11.8 Å². The largest absolute Gasteiger partial charge is 0.479 e. The van der Waals surface area contributed by atoms with Gasteiger partial charge in [0.25, 0.3) is 0 Å². The van der Waals surface area contributed by atoms with Gasteiger partial charge in [-0.25, -0.2) is 0 Å². The summed E-state index contributed by atoms with van der Waals surface area (Å²) in [4.78, 5) is 11.4. The third-order valence-corrected chi connectivity index (χ3v) is 2.04. The van der Waals surface area contributed by atoms with E-state index < -0.39 is 0 Å². The lowest BCUT2D eigenvalue weighted by Crippen LogP contribution is -2.18. The van der Waals surface area contributed by atoms with Crippen LogP contribution in [0.4, 0.5) is 5.69 Å². The molecule has 0 radical (unpaired) electrons. The summed E-state index contributed by atoms with van der Waals surface area (Å²) in [7, 11) is 1.80. The van der Waals surface area contributed by atoms with Crippen LogP contribution in [0.2, 0.25) is 0 Å². The van der Waals surface area contributed by atoms with E-state index in [2.05, 4.69) is 10.6 Å². The van der Waals surface area contributed by atoms with Crippen LogP contribution in [-0.2, 0) is 4.79 Å². The summed E-state index contributed by atoms with van der Waals surface area (Å²) in [6, 6.07) is 8.79. The highest BCUT2D eigenvalue weighted by Crippen LogP contribution is 2.15. The highest BCUT2D eigenvalue weighted by molar-refractivity contribution is 5.90. The number of anilines is 1. The Morgan fingerprint density at radius 3 is 2.71 bits per heavy atom. The van der Waals surface area contributed by atoms with Gasteiger partial charge < -0.3 is 15.4 Å². The number of nitrogens with one attached hydrogen (secondary N) is 2. The Kier molecular flexibility index (Phi) is 5.55. The number of amides is 1. The van der Waals surface area contributed by atoms with Crippen LogP contribution in [0.3, 0.4) is 0 Å². The molecule has 1 rings (SSSR count). The van der Waals surface area contributed by atoms with Crippen molar-refractivity contribution in [2.24, 2.45) is 0 Å². The maximum absolute atomic E-state index is 11.4. The van der Waals surface area contributed by atoms with Crippen LogP contribution in [0.5, 0.6) is 5.75 Å². The summed E-state index contributed by atoms with van der Waals surface area (Å²) in [6.45, 7) is 0.670. The third kappa shape index (κ3) is 5.00. The smallest absolute Gasteiger partial charge is 0.225 e. The van der Waals surface area contributed by atoms with Crippen molar-refractivity contribution in [1.82, 2.24) is 5.32 Å². The first kappa shape index (κ1) is 13.0. The number of hydrogen-bond acceptors (Lipinski definition) is 4. The SMILES string of the molecule is CNCCC(=O)Nc1ccc(OCC#N)cc1. The normalized spacial score (nSPS) is 9.41. The van der Waals surface area contributed by atoms with Gasteiger partial charge in [0, 0.05) is 18.7 Å². The van der Waals surface area contributed by atoms with E-state index in [1.54, 1.807) is 31.3 Å². The fraction of sp³-hybridized carbons (Fsp3) is 0.333. The second kappa shape index (κ2) is 7.25. The molecule has 17 heavy (non-hydrogen) atoms. The maximum atomic E-state index is 11.4. The molecule has 0 aliphatic carbocycles. The van der Waals surface area contributed by atoms with E-state index in [9.17, 15) is 4.79 Å². The summed E-state index contributed by atoms with van der Waals surface area (Å²) < 4.78 is 5.10. The fourth-order valence-electron chi connectivity index (χ4n) is 1.21. The van der Waals surface area contributed by atoms with E-state index in [1.165, 1.54) is 0 Å². The second-order valence-corrected chi connectivity index (χ2v) is 3.37. The van der Waals surface area contributed by atoms with Crippen LogP contribution in [0.1, 0.15) is 6.42 Å². The molecule has 0 aliphatic heterocycles. The third-order valence-electron chi connectivity index (χ3n) is 2.04. The van der Waals surface area contributed by atoms with E-state index in [-0.39, 0.29) is 12.5 Å². The minimum Gasteiger partial charge on any atom is -0.479 e. The minimum absolute atomic E-state index is 0.0217. The first-order valence-corrected chi connectivity index (χ1v) is 5.30.